The Labute approximate surface area is 330 Å². The summed E-state index contributed by atoms with van der Waals surface area (Å²) < 4.78 is 198. The summed E-state index contributed by atoms with van der Waals surface area (Å²) in [5, 5.41) is 0. The maximum absolute atomic E-state index is 14.0. The van der Waals surface area contributed by atoms with E-state index in [-0.39, 0.29) is 23.9 Å². The van der Waals surface area contributed by atoms with Crippen LogP contribution in [-0.2, 0) is 20.2 Å². The van der Waals surface area contributed by atoms with Gasteiger partial charge in [-0.15, -0.1) is 0 Å². The highest BCUT2D eigenvalue weighted by Crippen LogP contribution is 2.60. The summed E-state index contributed by atoms with van der Waals surface area (Å²) >= 11 is 0. The molecule has 1 aromatic carbocycles. The van der Waals surface area contributed by atoms with Crippen molar-refractivity contribution in [2.75, 3.05) is 19.8 Å². The van der Waals surface area contributed by atoms with Crippen molar-refractivity contribution in [1.82, 2.24) is 0 Å². The zero-order chi connectivity index (χ0) is 44.2. The third-order valence-corrected chi connectivity index (χ3v) is 20.3. The Morgan fingerprint density at radius 1 is 0.632 bits per heavy atom. The molecule has 334 valence electrons. The fourth-order valence-electron chi connectivity index (χ4n) is 6.32. The van der Waals surface area contributed by atoms with E-state index in [2.05, 4.69) is 60.6 Å². The second-order valence-corrected chi connectivity index (χ2v) is 24.3. The highest BCUT2D eigenvalue weighted by molar-refractivity contribution is 6.74. The van der Waals surface area contributed by atoms with E-state index in [1.54, 1.807) is 0 Å². The molecule has 4 nitrogen and oxygen atoms in total. The lowest BCUT2D eigenvalue weighted by atomic mass is 9.92. The van der Waals surface area contributed by atoms with Crippen LogP contribution in [-0.4, -0.2) is 77.8 Å². The van der Waals surface area contributed by atoms with Crippen LogP contribution in [0.4, 0.5) is 57.1 Å². The van der Waals surface area contributed by atoms with Gasteiger partial charge in [0.05, 0.1) is 25.4 Å². The molecule has 2 atom stereocenters. The van der Waals surface area contributed by atoms with Crippen molar-refractivity contribution < 1.29 is 75.4 Å². The maximum atomic E-state index is 14.0. The van der Waals surface area contributed by atoms with Gasteiger partial charge in [-0.1, -0.05) is 72.8 Å². The number of rotatable bonds is 28. The van der Waals surface area contributed by atoms with E-state index in [1.807, 2.05) is 6.92 Å². The molecule has 1 rings (SSSR count). The summed E-state index contributed by atoms with van der Waals surface area (Å²) in [6.07, 6.45) is -5.25. The van der Waals surface area contributed by atoms with Gasteiger partial charge in [0, 0.05) is 13.0 Å². The third kappa shape index (κ3) is 13.1. The van der Waals surface area contributed by atoms with Gasteiger partial charge in [-0.25, -0.2) is 0 Å². The first-order valence-electron chi connectivity index (χ1n) is 19.3. The van der Waals surface area contributed by atoms with Gasteiger partial charge in [0.15, 0.2) is 16.6 Å². The summed E-state index contributed by atoms with van der Waals surface area (Å²) in [4.78, 5) is 0. The summed E-state index contributed by atoms with van der Waals surface area (Å²) in [7, 11) is -3.68. The minimum atomic E-state index is -7.91. The minimum absolute atomic E-state index is 0.0101. The molecule has 0 fully saturated rings. The molecule has 0 N–H and O–H groups in total. The zero-order valence-corrected chi connectivity index (χ0v) is 36.0. The molecule has 0 saturated heterocycles. The summed E-state index contributed by atoms with van der Waals surface area (Å²) in [5.41, 5.74) is 0.276. The Balaban J connectivity index is 2.76. The third-order valence-electron chi connectivity index (χ3n) is 10.9. The second-order valence-electron chi connectivity index (χ2n) is 14.9. The van der Waals surface area contributed by atoms with Crippen molar-refractivity contribution in [3.05, 3.63) is 42.0 Å². The topological polar surface area (TPSA) is 36.9 Å². The molecular formula is C38H59F13O4Si2. The molecule has 0 unspecified atom stereocenters. The van der Waals surface area contributed by atoms with Crippen LogP contribution >= 0.6 is 0 Å². The standard InChI is InChI=1S/C38H59F13O4Si2/c1-9-56(10-2,11-3)54-26-24-32(8,55-57(12-4,13-5)14-6)22-15-17-29(7)27-52-28-30-18-20-31(21-19-30)53-25-16-23-33(39,40)34(41,42)35(43,44)36(45,46)37(47,48)38(49,50)51/h15,17-21,29H,9-14,16,22-28H2,1-8H3/t29-,32-/m0/s1. The Morgan fingerprint density at radius 2 is 1.12 bits per heavy atom. The van der Waals surface area contributed by atoms with E-state index >= 15 is 0 Å². The number of halogens is 13. The van der Waals surface area contributed by atoms with E-state index in [4.69, 9.17) is 18.3 Å². The Bertz CT molecular complexity index is 1340. The number of hydrogen-bond acceptors (Lipinski definition) is 4. The normalized spacial score (nSPS) is 15.9. The van der Waals surface area contributed by atoms with Crippen molar-refractivity contribution in [2.24, 2.45) is 5.92 Å². The van der Waals surface area contributed by atoms with Crippen LogP contribution in [0.5, 0.6) is 5.75 Å². The van der Waals surface area contributed by atoms with Crippen molar-refractivity contribution in [3.63, 3.8) is 0 Å². The van der Waals surface area contributed by atoms with Crippen LogP contribution < -0.4 is 4.74 Å². The van der Waals surface area contributed by atoms with Gasteiger partial charge in [-0.05, 0) is 86.1 Å². The van der Waals surface area contributed by atoms with E-state index in [0.29, 0.717) is 25.2 Å². The van der Waals surface area contributed by atoms with E-state index in [9.17, 15) is 57.1 Å². The van der Waals surface area contributed by atoms with Crippen LogP contribution in [0.2, 0.25) is 36.3 Å². The lowest BCUT2D eigenvalue weighted by molar-refractivity contribution is -0.440. The smallest absolute Gasteiger partial charge is 0.460 e. The van der Waals surface area contributed by atoms with Crippen molar-refractivity contribution in [2.45, 2.75) is 165 Å². The summed E-state index contributed by atoms with van der Waals surface area (Å²) in [5.74, 6) is -36.8. The number of benzene rings is 1. The van der Waals surface area contributed by atoms with Crippen LogP contribution in [0.25, 0.3) is 0 Å². The monoisotopic (exact) mass is 882 g/mol. The van der Waals surface area contributed by atoms with E-state index in [1.165, 1.54) is 24.3 Å². The quantitative estimate of drug-likeness (QED) is 0.0364. The average molecular weight is 883 g/mol. The van der Waals surface area contributed by atoms with Crippen molar-refractivity contribution in [1.29, 1.82) is 0 Å². The second kappa shape index (κ2) is 21.1. The van der Waals surface area contributed by atoms with E-state index in [0.717, 1.165) is 42.7 Å². The lowest BCUT2D eigenvalue weighted by Gasteiger charge is -2.41. The molecule has 0 heterocycles. The van der Waals surface area contributed by atoms with Gasteiger partial charge in [-0.3, -0.25) is 0 Å². The van der Waals surface area contributed by atoms with Crippen molar-refractivity contribution in [3.8, 4) is 5.75 Å². The Hall–Kier alpha value is -1.84. The van der Waals surface area contributed by atoms with Gasteiger partial charge in [0.25, 0.3) is 0 Å². The molecule has 1 aromatic rings. The molecule has 19 heteroatoms. The first-order valence-corrected chi connectivity index (χ1v) is 24.4. The van der Waals surface area contributed by atoms with Crippen LogP contribution in [0.1, 0.15) is 86.6 Å². The highest BCUT2D eigenvalue weighted by Gasteiger charge is 2.90. The Kier molecular flexibility index (Phi) is 19.7. The molecule has 0 spiro atoms. The van der Waals surface area contributed by atoms with Crippen LogP contribution in [0.15, 0.2) is 36.4 Å². The molecular weight excluding hydrogens is 824 g/mol. The first kappa shape index (κ1) is 53.2. The lowest BCUT2D eigenvalue weighted by Crippen LogP contribution is -2.70. The maximum Gasteiger partial charge on any atom is 0.460 e. The van der Waals surface area contributed by atoms with E-state index < -0.39 is 71.9 Å². The van der Waals surface area contributed by atoms with Gasteiger partial charge in [-0.2, -0.15) is 57.1 Å². The highest BCUT2D eigenvalue weighted by atomic mass is 28.4. The zero-order valence-electron chi connectivity index (χ0n) is 34.0. The number of alkyl halides is 13. The predicted molar refractivity (Wildman–Crippen MR) is 199 cm³/mol. The molecule has 0 saturated carbocycles. The minimum Gasteiger partial charge on any atom is -0.494 e. The molecule has 0 bridgehead atoms. The summed E-state index contributed by atoms with van der Waals surface area (Å²) in [6.45, 7) is 17.7. The predicted octanol–water partition coefficient (Wildman–Crippen LogP) is 13.9. The summed E-state index contributed by atoms with van der Waals surface area (Å²) in [6, 6.07) is 12.1. The van der Waals surface area contributed by atoms with Crippen molar-refractivity contribution >= 4 is 16.6 Å². The fourth-order valence-corrected chi connectivity index (χ4v) is 12.1. The van der Waals surface area contributed by atoms with Gasteiger partial charge >= 0.3 is 35.8 Å². The first-order chi connectivity index (χ1) is 26.1. The number of ether oxygens (including phenoxy) is 2. The molecule has 0 amide bonds. The molecule has 0 aliphatic heterocycles. The number of hydrogen-bond donors (Lipinski definition) is 0. The Morgan fingerprint density at radius 3 is 1.60 bits per heavy atom. The van der Waals surface area contributed by atoms with Gasteiger partial charge in [0.1, 0.15) is 5.75 Å². The van der Waals surface area contributed by atoms with Gasteiger partial charge in [0.2, 0.25) is 0 Å². The SMILES string of the molecule is CC[Si](CC)(CC)OCC[C@](C)(CC=C[C@H](C)COCc1ccc(OCCCC(F)(F)C(F)(F)C(F)(F)C(F)(F)C(F)(F)C(F)(F)F)cc1)O[Si](CC)(CC)CC. The average Bonchev–Trinajstić information content (AvgIpc) is 3.14. The largest absolute Gasteiger partial charge is 0.494 e. The molecule has 0 radical (unpaired) electrons. The van der Waals surface area contributed by atoms with Crippen LogP contribution in [0.3, 0.4) is 0 Å². The molecule has 57 heavy (non-hydrogen) atoms. The van der Waals surface area contributed by atoms with Gasteiger partial charge < -0.3 is 18.3 Å². The molecule has 0 aliphatic rings. The van der Waals surface area contributed by atoms with Crippen LogP contribution in [0, 0.1) is 5.92 Å². The fraction of sp³-hybridized carbons (Fsp3) is 0.789. The molecule has 0 aliphatic carbocycles. The molecule has 0 aromatic heterocycles.